The van der Waals surface area contributed by atoms with Crippen LogP contribution in [0.25, 0.3) is 0 Å². The lowest BCUT2D eigenvalue weighted by molar-refractivity contribution is 0.674. The van der Waals surface area contributed by atoms with Gasteiger partial charge in [-0.3, -0.25) is 0 Å². The van der Waals surface area contributed by atoms with Gasteiger partial charge in [0.1, 0.15) is 5.82 Å². The number of aromatic nitrogens is 2. The van der Waals surface area contributed by atoms with E-state index in [0.717, 1.165) is 36.3 Å². The van der Waals surface area contributed by atoms with Gasteiger partial charge in [0.25, 0.3) is 0 Å². The molecule has 1 aliphatic rings. The van der Waals surface area contributed by atoms with Crippen molar-refractivity contribution in [3.05, 3.63) is 23.3 Å². The van der Waals surface area contributed by atoms with Gasteiger partial charge in [-0.15, -0.1) is 0 Å². The summed E-state index contributed by atoms with van der Waals surface area (Å²) in [5.41, 5.74) is 2.48. The highest BCUT2D eigenvalue weighted by Gasteiger charge is 2.20. The quantitative estimate of drug-likeness (QED) is 0.808. The molecule has 1 heterocycles. The van der Waals surface area contributed by atoms with Crippen LogP contribution in [0.4, 0.5) is 0 Å². The fraction of sp³-hybridized carbons (Fsp3) is 0.692. The fourth-order valence-electron chi connectivity index (χ4n) is 1.74. The second-order valence-electron chi connectivity index (χ2n) is 4.40. The number of hydrogen-bond acceptors (Lipinski definition) is 4. The molecular weight excluding hydrogens is 230 g/mol. The Kier molecular flexibility index (Phi) is 4.80. The van der Waals surface area contributed by atoms with Crippen molar-refractivity contribution in [2.45, 2.75) is 51.4 Å². The zero-order valence-electron chi connectivity index (χ0n) is 10.7. The van der Waals surface area contributed by atoms with Crippen LogP contribution in [0.1, 0.15) is 43.8 Å². The third kappa shape index (κ3) is 3.96. The number of nitrogens with zero attached hydrogens (tertiary/aromatic N) is 2. The molecule has 1 aromatic rings. The molecule has 1 fully saturated rings. The third-order valence-electron chi connectivity index (χ3n) is 2.93. The van der Waals surface area contributed by atoms with Gasteiger partial charge >= 0.3 is 0 Å². The number of nitrogens with one attached hydrogen (secondary N) is 1. The van der Waals surface area contributed by atoms with Gasteiger partial charge in [0.05, 0.1) is 5.75 Å². The SMILES string of the molecule is CCSCc1ncc(CNC2CC2)c(CC)n1. The Hall–Kier alpha value is -0.610. The smallest absolute Gasteiger partial charge is 0.138 e. The molecule has 0 atom stereocenters. The molecule has 0 bridgehead atoms. The summed E-state index contributed by atoms with van der Waals surface area (Å²) in [7, 11) is 0. The summed E-state index contributed by atoms with van der Waals surface area (Å²) < 4.78 is 0. The maximum atomic E-state index is 4.66. The topological polar surface area (TPSA) is 37.8 Å². The highest BCUT2D eigenvalue weighted by molar-refractivity contribution is 7.98. The minimum atomic E-state index is 0.745. The Labute approximate surface area is 108 Å². The van der Waals surface area contributed by atoms with E-state index in [9.17, 15) is 0 Å². The fourth-order valence-corrected chi connectivity index (χ4v) is 2.27. The van der Waals surface area contributed by atoms with Crippen LogP contribution in [0.15, 0.2) is 6.20 Å². The molecule has 3 nitrogen and oxygen atoms in total. The van der Waals surface area contributed by atoms with Crippen molar-refractivity contribution in [3.8, 4) is 0 Å². The van der Waals surface area contributed by atoms with Crippen LogP contribution in [0.2, 0.25) is 0 Å². The molecule has 0 radical (unpaired) electrons. The molecule has 0 amide bonds. The summed E-state index contributed by atoms with van der Waals surface area (Å²) in [5, 5.41) is 3.53. The number of aryl methyl sites for hydroxylation is 1. The van der Waals surface area contributed by atoms with E-state index in [-0.39, 0.29) is 0 Å². The highest BCUT2D eigenvalue weighted by atomic mass is 32.2. The van der Waals surface area contributed by atoms with Crippen LogP contribution < -0.4 is 5.32 Å². The van der Waals surface area contributed by atoms with Crippen LogP contribution in [0.5, 0.6) is 0 Å². The van der Waals surface area contributed by atoms with Crippen molar-refractivity contribution in [2.24, 2.45) is 0 Å². The lowest BCUT2D eigenvalue weighted by atomic mass is 10.2. The Morgan fingerprint density at radius 3 is 2.88 bits per heavy atom. The number of rotatable bonds is 7. The Bertz CT molecular complexity index is 364. The van der Waals surface area contributed by atoms with Crippen molar-refractivity contribution >= 4 is 11.8 Å². The molecule has 0 aliphatic heterocycles. The van der Waals surface area contributed by atoms with Gasteiger partial charge in [-0.25, -0.2) is 9.97 Å². The van der Waals surface area contributed by atoms with Gasteiger partial charge in [0.15, 0.2) is 0 Å². The minimum absolute atomic E-state index is 0.745. The zero-order valence-corrected chi connectivity index (χ0v) is 11.5. The van der Waals surface area contributed by atoms with Crippen LogP contribution in [0, 0.1) is 0 Å². The van der Waals surface area contributed by atoms with Gasteiger partial charge in [0, 0.05) is 30.0 Å². The van der Waals surface area contributed by atoms with E-state index in [1.807, 2.05) is 18.0 Å². The van der Waals surface area contributed by atoms with Crippen LogP contribution in [-0.4, -0.2) is 21.8 Å². The predicted octanol–water partition coefficient (Wildman–Crippen LogP) is 2.54. The molecule has 1 N–H and O–H groups in total. The molecule has 1 saturated carbocycles. The van der Waals surface area contributed by atoms with Crippen LogP contribution in [0.3, 0.4) is 0 Å². The maximum absolute atomic E-state index is 4.66. The maximum Gasteiger partial charge on any atom is 0.138 e. The van der Waals surface area contributed by atoms with Gasteiger partial charge in [-0.1, -0.05) is 13.8 Å². The molecule has 17 heavy (non-hydrogen) atoms. The van der Waals surface area contributed by atoms with E-state index in [0.29, 0.717) is 0 Å². The molecule has 1 aliphatic carbocycles. The van der Waals surface area contributed by atoms with Crippen LogP contribution >= 0.6 is 11.8 Å². The second-order valence-corrected chi connectivity index (χ2v) is 5.68. The van der Waals surface area contributed by atoms with Gasteiger partial charge in [0.2, 0.25) is 0 Å². The van der Waals surface area contributed by atoms with E-state index in [1.165, 1.54) is 24.1 Å². The van der Waals surface area contributed by atoms with Crippen molar-refractivity contribution in [1.29, 1.82) is 0 Å². The van der Waals surface area contributed by atoms with E-state index in [2.05, 4.69) is 29.1 Å². The zero-order chi connectivity index (χ0) is 12.1. The van der Waals surface area contributed by atoms with Crippen molar-refractivity contribution < 1.29 is 0 Å². The van der Waals surface area contributed by atoms with Gasteiger partial charge in [-0.05, 0) is 25.0 Å². The molecule has 0 saturated heterocycles. The van der Waals surface area contributed by atoms with E-state index in [1.54, 1.807) is 0 Å². The number of hydrogen-bond donors (Lipinski definition) is 1. The molecule has 94 valence electrons. The third-order valence-corrected chi connectivity index (χ3v) is 3.80. The average Bonchev–Trinajstić information content (AvgIpc) is 3.18. The first-order valence-corrected chi connectivity index (χ1v) is 7.63. The van der Waals surface area contributed by atoms with Gasteiger partial charge < -0.3 is 5.32 Å². The Morgan fingerprint density at radius 1 is 1.41 bits per heavy atom. The lowest BCUT2D eigenvalue weighted by Gasteiger charge is -2.09. The average molecular weight is 251 g/mol. The van der Waals surface area contributed by atoms with Crippen molar-refractivity contribution in [1.82, 2.24) is 15.3 Å². The molecule has 0 unspecified atom stereocenters. The summed E-state index contributed by atoms with van der Waals surface area (Å²) in [6.07, 6.45) is 5.65. The Balaban J connectivity index is 1.98. The standard InChI is InChI=1S/C13H21N3S/c1-3-12-10(7-14-11-5-6-11)8-15-13(16-12)9-17-4-2/h8,11,14H,3-7,9H2,1-2H3. The normalized spacial score (nSPS) is 15.2. The molecule has 2 rings (SSSR count). The first-order chi connectivity index (χ1) is 8.33. The van der Waals surface area contributed by atoms with Crippen molar-refractivity contribution in [3.63, 3.8) is 0 Å². The van der Waals surface area contributed by atoms with E-state index in [4.69, 9.17) is 0 Å². The first-order valence-electron chi connectivity index (χ1n) is 6.48. The predicted molar refractivity (Wildman–Crippen MR) is 73.1 cm³/mol. The summed E-state index contributed by atoms with van der Waals surface area (Å²) in [6, 6.07) is 0.745. The first kappa shape index (κ1) is 12.8. The lowest BCUT2D eigenvalue weighted by Crippen LogP contribution is -2.17. The Morgan fingerprint density at radius 2 is 2.24 bits per heavy atom. The summed E-state index contributed by atoms with van der Waals surface area (Å²) in [4.78, 5) is 9.11. The minimum Gasteiger partial charge on any atom is -0.310 e. The largest absolute Gasteiger partial charge is 0.310 e. The molecule has 0 aromatic carbocycles. The van der Waals surface area contributed by atoms with E-state index < -0.39 is 0 Å². The monoisotopic (exact) mass is 251 g/mol. The number of thioether (sulfide) groups is 1. The van der Waals surface area contributed by atoms with Crippen molar-refractivity contribution in [2.75, 3.05) is 5.75 Å². The molecule has 1 aromatic heterocycles. The molecule has 0 spiro atoms. The summed E-state index contributed by atoms with van der Waals surface area (Å²) >= 11 is 1.87. The highest BCUT2D eigenvalue weighted by Crippen LogP contribution is 2.20. The van der Waals surface area contributed by atoms with Crippen LogP contribution in [-0.2, 0) is 18.7 Å². The van der Waals surface area contributed by atoms with Gasteiger partial charge in [-0.2, -0.15) is 11.8 Å². The van der Waals surface area contributed by atoms with E-state index >= 15 is 0 Å². The summed E-state index contributed by atoms with van der Waals surface area (Å²) in [5.74, 6) is 3.03. The molecular formula is C13H21N3S. The summed E-state index contributed by atoms with van der Waals surface area (Å²) in [6.45, 7) is 5.26. The molecule has 4 heteroatoms. The second kappa shape index (κ2) is 6.36.